The van der Waals surface area contributed by atoms with E-state index < -0.39 is 0 Å². The lowest BCUT2D eigenvalue weighted by atomic mass is 9.78. The minimum Gasteiger partial charge on any atom is -0.371 e. The zero-order valence-corrected chi connectivity index (χ0v) is 19.0. The van der Waals surface area contributed by atoms with E-state index in [2.05, 4.69) is 20.9 Å². The van der Waals surface area contributed by atoms with E-state index in [9.17, 15) is 0 Å². The van der Waals surface area contributed by atoms with E-state index in [1.54, 1.807) is 0 Å². The lowest BCUT2D eigenvalue weighted by Crippen LogP contribution is -2.41. The number of hydrogen-bond donors (Lipinski definition) is 0. The molecule has 0 radical (unpaired) electrons. The fourth-order valence-electron chi connectivity index (χ4n) is 4.87. The van der Waals surface area contributed by atoms with Gasteiger partial charge in [0.2, 0.25) is 0 Å². The summed E-state index contributed by atoms with van der Waals surface area (Å²) in [7, 11) is 0. The summed E-state index contributed by atoms with van der Waals surface area (Å²) in [4.78, 5) is 13.9. The number of nitriles is 1. The summed E-state index contributed by atoms with van der Waals surface area (Å²) in [5.74, 6) is 2.54. The van der Waals surface area contributed by atoms with Crippen molar-refractivity contribution in [3.63, 3.8) is 0 Å². The maximum Gasteiger partial charge on any atom is 0.150 e. The van der Waals surface area contributed by atoms with Crippen LogP contribution in [0.5, 0.6) is 0 Å². The minimum atomic E-state index is 0.501. The van der Waals surface area contributed by atoms with Gasteiger partial charge in [-0.05, 0) is 69.6 Å². The predicted octanol–water partition coefficient (Wildman–Crippen LogP) is 5.40. The highest BCUT2D eigenvalue weighted by Gasteiger charge is 2.30. The Morgan fingerprint density at radius 2 is 1.50 bits per heavy atom. The van der Waals surface area contributed by atoms with Crippen LogP contribution in [0.4, 0.5) is 11.5 Å². The second-order valence-corrected chi connectivity index (χ2v) is 9.20. The molecule has 158 valence electrons. The second kappa shape index (κ2) is 8.99. The SMILES string of the molecule is Cc1nc(N2CCC(C3CCN(c4ccc(C#N)c(Cl)c4)CC3)CC2)c(C)nc1Cl. The number of aromatic nitrogens is 2. The third kappa shape index (κ3) is 4.36. The number of piperidine rings is 2. The molecule has 30 heavy (non-hydrogen) atoms. The molecular formula is C23H27Cl2N5. The van der Waals surface area contributed by atoms with Crippen LogP contribution in [0.3, 0.4) is 0 Å². The molecule has 1 aromatic carbocycles. The summed E-state index contributed by atoms with van der Waals surface area (Å²) in [6.07, 6.45) is 4.83. The normalized spacial score (nSPS) is 18.5. The molecule has 4 rings (SSSR count). The molecule has 0 aliphatic carbocycles. The van der Waals surface area contributed by atoms with E-state index in [4.69, 9.17) is 33.4 Å². The van der Waals surface area contributed by atoms with Crippen molar-refractivity contribution >= 4 is 34.7 Å². The fraction of sp³-hybridized carbons (Fsp3) is 0.522. The summed E-state index contributed by atoms with van der Waals surface area (Å²) < 4.78 is 0. The predicted molar refractivity (Wildman–Crippen MR) is 123 cm³/mol. The Hall–Kier alpha value is -2.03. The monoisotopic (exact) mass is 443 g/mol. The number of anilines is 2. The molecule has 1 aromatic heterocycles. The van der Waals surface area contributed by atoms with Crippen LogP contribution in [0.15, 0.2) is 18.2 Å². The van der Waals surface area contributed by atoms with Gasteiger partial charge in [-0.3, -0.25) is 0 Å². The molecule has 3 heterocycles. The maximum absolute atomic E-state index is 9.07. The summed E-state index contributed by atoms with van der Waals surface area (Å²) in [5, 5.41) is 10.1. The molecule has 0 N–H and O–H groups in total. The smallest absolute Gasteiger partial charge is 0.150 e. The summed E-state index contributed by atoms with van der Waals surface area (Å²) >= 11 is 12.3. The van der Waals surface area contributed by atoms with Gasteiger partial charge >= 0.3 is 0 Å². The Kier molecular flexibility index (Phi) is 6.36. The topological polar surface area (TPSA) is 56.1 Å². The molecule has 2 saturated heterocycles. The Bertz CT molecular complexity index is 955. The van der Waals surface area contributed by atoms with Crippen molar-refractivity contribution in [3.8, 4) is 6.07 Å². The van der Waals surface area contributed by atoms with Crippen molar-refractivity contribution in [2.75, 3.05) is 36.0 Å². The van der Waals surface area contributed by atoms with Crippen LogP contribution in [0.2, 0.25) is 10.2 Å². The number of hydrogen-bond acceptors (Lipinski definition) is 5. The van der Waals surface area contributed by atoms with Gasteiger partial charge in [-0.1, -0.05) is 23.2 Å². The van der Waals surface area contributed by atoms with Gasteiger partial charge in [-0.15, -0.1) is 0 Å². The van der Waals surface area contributed by atoms with Crippen LogP contribution < -0.4 is 9.80 Å². The summed E-state index contributed by atoms with van der Waals surface area (Å²) in [5.41, 5.74) is 3.38. The molecule has 2 aliphatic rings. The average Bonchev–Trinajstić information content (AvgIpc) is 2.76. The van der Waals surface area contributed by atoms with Crippen LogP contribution in [0.1, 0.15) is 42.6 Å². The lowest BCUT2D eigenvalue weighted by Gasteiger charge is -2.41. The molecule has 0 saturated carbocycles. The van der Waals surface area contributed by atoms with Gasteiger partial charge in [-0.25, -0.2) is 9.97 Å². The highest BCUT2D eigenvalue weighted by Crippen LogP contribution is 2.36. The number of aryl methyl sites for hydroxylation is 2. The van der Waals surface area contributed by atoms with E-state index in [-0.39, 0.29) is 0 Å². The van der Waals surface area contributed by atoms with Crippen LogP contribution in [0, 0.1) is 37.0 Å². The molecule has 0 amide bonds. The van der Waals surface area contributed by atoms with Crippen molar-refractivity contribution in [1.29, 1.82) is 5.26 Å². The number of nitrogens with zero attached hydrogens (tertiary/aromatic N) is 5. The molecule has 2 fully saturated rings. The standard InChI is InChI=1S/C23H27Cl2N5/c1-15-22(25)27-16(2)23(28-15)30-11-7-18(8-12-30)17-5-9-29(10-6-17)20-4-3-19(14-26)21(24)13-20/h3-4,13,17-18H,5-12H2,1-2H3. The van der Waals surface area contributed by atoms with Crippen molar-refractivity contribution in [2.24, 2.45) is 11.8 Å². The zero-order valence-electron chi connectivity index (χ0n) is 17.5. The summed E-state index contributed by atoms with van der Waals surface area (Å²) in [6.45, 7) is 8.08. The van der Waals surface area contributed by atoms with Gasteiger partial charge in [0.1, 0.15) is 11.9 Å². The van der Waals surface area contributed by atoms with Crippen molar-refractivity contribution in [3.05, 3.63) is 45.3 Å². The largest absolute Gasteiger partial charge is 0.371 e. The maximum atomic E-state index is 9.07. The highest BCUT2D eigenvalue weighted by molar-refractivity contribution is 6.32. The van der Waals surface area contributed by atoms with Crippen molar-refractivity contribution in [1.82, 2.24) is 9.97 Å². The van der Waals surface area contributed by atoms with Gasteiger partial charge in [0.15, 0.2) is 5.15 Å². The first-order valence-electron chi connectivity index (χ1n) is 10.7. The van der Waals surface area contributed by atoms with Gasteiger partial charge in [0.25, 0.3) is 0 Å². The Morgan fingerprint density at radius 1 is 0.900 bits per heavy atom. The molecule has 0 atom stereocenters. The average molecular weight is 444 g/mol. The molecule has 2 aliphatic heterocycles. The highest BCUT2D eigenvalue weighted by atomic mass is 35.5. The van der Waals surface area contributed by atoms with E-state index >= 15 is 0 Å². The molecule has 5 nitrogen and oxygen atoms in total. The Labute approximate surface area is 188 Å². The first-order chi connectivity index (χ1) is 14.5. The van der Waals surface area contributed by atoms with Crippen molar-refractivity contribution in [2.45, 2.75) is 39.5 Å². The number of benzene rings is 1. The second-order valence-electron chi connectivity index (χ2n) is 8.43. The van der Waals surface area contributed by atoms with E-state index in [0.717, 1.165) is 60.9 Å². The molecule has 0 unspecified atom stereocenters. The molecule has 0 spiro atoms. The Morgan fingerprint density at radius 3 is 2.07 bits per heavy atom. The summed E-state index contributed by atoms with van der Waals surface area (Å²) in [6, 6.07) is 7.89. The van der Waals surface area contributed by atoms with E-state index in [1.165, 1.54) is 25.7 Å². The van der Waals surface area contributed by atoms with Crippen LogP contribution in [0.25, 0.3) is 0 Å². The third-order valence-electron chi connectivity index (χ3n) is 6.65. The number of rotatable bonds is 3. The number of halogens is 2. The Balaban J connectivity index is 1.32. The minimum absolute atomic E-state index is 0.501. The fourth-order valence-corrected chi connectivity index (χ4v) is 5.25. The quantitative estimate of drug-likeness (QED) is 0.634. The van der Waals surface area contributed by atoms with Crippen LogP contribution >= 0.6 is 23.2 Å². The lowest BCUT2D eigenvalue weighted by molar-refractivity contribution is 0.232. The van der Waals surface area contributed by atoms with E-state index in [1.807, 2.05) is 32.0 Å². The van der Waals surface area contributed by atoms with Crippen LogP contribution in [-0.4, -0.2) is 36.1 Å². The van der Waals surface area contributed by atoms with E-state index in [0.29, 0.717) is 15.7 Å². The third-order valence-corrected chi connectivity index (χ3v) is 7.32. The molecule has 2 aromatic rings. The first-order valence-corrected chi connectivity index (χ1v) is 11.4. The van der Waals surface area contributed by atoms with Gasteiger partial charge < -0.3 is 9.80 Å². The van der Waals surface area contributed by atoms with Gasteiger partial charge in [0.05, 0.1) is 22.0 Å². The van der Waals surface area contributed by atoms with Gasteiger partial charge in [0, 0.05) is 31.9 Å². The molecular weight excluding hydrogens is 417 g/mol. The zero-order chi connectivity index (χ0) is 21.3. The van der Waals surface area contributed by atoms with Crippen LogP contribution in [-0.2, 0) is 0 Å². The van der Waals surface area contributed by atoms with Crippen molar-refractivity contribution < 1.29 is 0 Å². The van der Waals surface area contributed by atoms with Gasteiger partial charge in [-0.2, -0.15) is 5.26 Å². The molecule has 0 bridgehead atoms. The molecule has 7 heteroatoms. The first kappa shape index (κ1) is 21.2.